The van der Waals surface area contributed by atoms with E-state index in [0.717, 1.165) is 5.39 Å². The molecule has 2 aromatic rings. The van der Waals surface area contributed by atoms with Gasteiger partial charge in [0, 0.05) is 11.6 Å². The molecule has 18 heavy (non-hydrogen) atoms. The van der Waals surface area contributed by atoms with Crippen LogP contribution in [0.1, 0.15) is 18.1 Å². The number of nitrogens with zero attached hydrogens (tertiary/aromatic N) is 1. The molecule has 0 spiro atoms. The van der Waals surface area contributed by atoms with Gasteiger partial charge in [-0.15, -0.1) is 0 Å². The van der Waals surface area contributed by atoms with E-state index in [0.29, 0.717) is 11.1 Å². The molecule has 94 valence electrons. The van der Waals surface area contributed by atoms with Crippen molar-refractivity contribution in [1.29, 1.82) is 0 Å². The van der Waals surface area contributed by atoms with Gasteiger partial charge in [0.25, 0.3) is 0 Å². The SMILES string of the molecule is O=C(O)CC(O)C(O)c1ccc2cccnc2c1. The Labute approximate surface area is 103 Å². The number of hydrogen-bond donors (Lipinski definition) is 3. The van der Waals surface area contributed by atoms with E-state index >= 15 is 0 Å². The number of aromatic nitrogens is 1. The summed E-state index contributed by atoms with van der Waals surface area (Å²) in [7, 11) is 0. The van der Waals surface area contributed by atoms with Crippen molar-refractivity contribution < 1.29 is 20.1 Å². The summed E-state index contributed by atoms with van der Waals surface area (Å²) in [6.45, 7) is 0. The molecule has 0 bridgehead atoms. The lowest BCUT2D eigenvalue weighted by atomic mass is 10.0. The topological polar surface area (TPSA) is 90.7 Å². The molecule has 3 N–H and O–H groups in total. The third kappa shape index (κ3) is 2.64. The van der Waals surface area contributed by atoms with E-state index in [2.05, 4.69) is 4.98 Å². The van der Waals surface area contributed by atoms with Crippen molar-refractivity contribution in [3.05, 3.63) is 42.1 Å². The summed E-state index contributed by atoms with van der Waals surface area (Å²) in [4.78, 5) is 14.6. The van der Waals surface area contributed by atoms with E-state index in [9.17, 15) is 15.0 Å². The van der Waals surface area contributed by atoms with Gasteiger partial charge in [-0.2, -0.15) is 0 Å². The molecule has 1 aromatic heterocycles. The molecule has 0 aliphatic rings. The summed E-state index contributed by atoms with van der Waals surface area (Å²) in [6, 6.07) is 8.75. The summed E-state index contributed by atoms with van der Waals surface area (Å²) in [5, 5.41) is 28.9. The quantitative estimate of drug-likeness (QED) is 0.752. The van der Waals surface area contributed by atoms with Crippen LogP contribution < -0.4 is 0 Å². The van der Waals surface area contributed by atoms with Crippen LogP contribution in [-0.2, 0) is 4.79 Å². The first-order valence-corrected chi connectivity index (χ1v) is 5.50. The zero-order valence-electron chi connectivity index (χ0n) is 9.52. The van der Waals surface area contributed by atoms with Gasteiger partial charge in [0.05, 0.1) is 18.0 Å². The number of carboxylic acids is 1. The number of aliphatic hydroxyl groups is 2. The number of carboxylic acid groups (broad SMARTS) is 1. The van der Waals surface area contributed by atoms with Crippen LogP contribution in [0.4, 0.5) is 0 Å². The monoisotopic (exact) mass is 247 g/mol. The fourth-order valence-corrected chi connectivity index (χ4v) is 1.78. The highest BCUT2D eigenvalue weighted by molar-refractivity contribution is 5.79. The largest absolute Gasteiger partial charge is 0.481 e. The van der Waals surface area contributed by atoms with E-state index in [1.165, 1.54) is 0 Å². The molecule has 0 aliphatic carbocycles. The van der Waals surface area contributed by atoms with E-state index in [-0.39, 0.29) is 0 Å². The summed E-state index contributed by atoms with van der Waals surface area (Å²) in [5.74, 6) is -1.15. The second-order valence-electron chi connectivity index (χ2n) is 4.07. The van der Waals surface area contributed by atoms with Gasteiger partial charge in [0.15, 0.2) is 0 Å². The Morgan fingerprint density at radius 1 is 1.28 bits per heavy atom. The zero-order valence-corrected chi connectivity index (χ0v) is 9.52. The third-order valence-corrected chi connectivity index (χ3v) is 2.72. The Bertz CT molecular complexity index is 570. The van der Waals surface area contributed by atoms with Gasteiger partial charge in [0.2, 0.25) is 0 Å². The minimum atomic E-state index is -1.33. The fourth-order valence-electron chi connectivity index (χ4n) is 1.78. The Morgan fingerprint density at radius 2 is 2.06 bits per heavy atom. The van der Waals surface area contributed by atoms with Gasteiger partial charge in [-0.1, -0.05) is 18.2 Å². The lowest BCUT2D eigenvalue weighted by Crippen LogP contribution is -2.21. The molecular weight excluding hydrogens is 234 g/mol. The molecule has 0 saturated heterocycles. The summed E-state index contributed by atoms with van der Waals surface area (Å²) >= 11 is 0. The molecule has 0 aliphatic heterocycles. The predicted octanol–water partition coefficient (Wildman–Crippen LogP) is 1.10. The molecule has 5 nitrogen and oxygen atoms in total. The van der Waals surface area contributed by atoms with Crippen molar-refractivity contribution in [3.8, 4) is 0 Å². The Kier molecular flexibility index (Phi) is 3.55. The van der Waals surface area contributed by atoms with Crippen LogP contribution in [0.3, 0.4) is 0 Å². The molecule has 0 fully saturated rings. The lowest BCUT2D eigenvalue weighted by Gasteiger charge is -2.16. The number of carbonyl (C=O) groups is 1. The van der Waals surface area contributed by atoms with E-state index in [4.69, 9.17) is 5.11 Å². The fraction of sp³-hybridized carbons (Fsp3) is 0.231. The van der Waals surface area contributed by atoms with Crippen molar-refractivity contribution >= 4 is 16.9 Å². The second kappa shape index (κ2) is 5.12. The zero-order chi connectivity index (χ0) is 13.1. The van der Waals surface area contributed by atoms with Crippen molar-refractivity contribution in [1.82, 2.24) is 4.98 Å². The predicted molar refractivity (Wildman–Crippen MR) is 65.0 cm³/mol. The average molecular weight is 247 g/mol. The summed E-state index contributed by atoms with van der Waals surface area (Å²) < 4.78 is 0. The number of rotatable bonds is 4. The van der Waals surface area contributed by atoms with Gasteiger partial charge in [-0.25, -0.2) is 0 Å². The van der Waals surface area contributed by atoms with Crippen molar-refractivity contribution in [2.24, 2.45) is 0 Å². The lowest BCUT2D eigenvalue weighted by molar-refractivity contribution is -0.141. The highest BCUT2D eigenvalue weighted by atomic mass is 16.4. The highest BCUT2D eigenvalue weighted by Crippen LogP contribution is 2.22. The Balaban J connectivity index is 2.27. The van der Waals surface area contributed by atoms with Gasteiger partial charge in [0.1, 0.15) is 6.10 Å². The third-order valence-electron chi connectivity index (χ3n) is 2.72. The molecule has 1 heterocycles. The van der Waals surface area contributed by atoms with Gasteiger partial charge in [-0.3, -0.25) is 9.78 Å². The molecule has 2 rings (SSSR count). The minimum Gasteiger partial charge on any atom is -0.481 e. The number of aliphatic carboxylic acids is 1. The maximum absolute atomic E-state index is 10.5. The van der Waals surface area contributed by atoms with Gasteiger partial charge in [-0.05, 0) is 17.7 Å². The van der Waals surface area contributed by atoms with Crippen LogP contribution in [0, 0.1) is 0 Å². The van der Waals surface area contributed by atoms with Gasteiger partial charge >= 0.3 is 5.97 Å². The molecule has 0 saturated carbocycles. The first kappa shape index (κ1) is 12.5. The van der Waals surface area contributed by atoms with Crippen LogP contribution >= 0.6 is 0 Å². The molecule has 2 atom stereocenters. The highest BCUT2D eigenvalue weighted by Gasteiger charge is 2.21. The molecule has 2 unspecified atom stereocenters. The normalized spacial score (nSPS) is 14.3. The van der Waals surface area contributed by atoms with Crippen LogP contribution in [0.5, 0.6) is 0 Å². The first-order valence-electron chi connectivity index (χ1n) is 5.50. The Hall–Kier alpha value is -1.98. The van der Waals surface area contributed by atoms with Crippen molar-refractivity contribution in [3.63, 3.8) is 0 Å². The maximum Gasteiger partial charge on any atom is 0.306 e. The standard InChI is InChI=1S/C13H13NO4/c15-11(7-12(16)17)13(18)9-4-3-8-2-1-5-14-10(8)6-9/h1-6,11,13,15,18H,7H2,(H,16,17). The number of hydrogen-bond acceptors (Lipinski definition) is 4. The number of pyridine rings is 1. The van der Waals surface area contributed by atoms with Crippen LogP contribution in [0.25, 0.3) is 10.9 Å². The summed E-state index contributed by atoms with van der Waals surface area (Å²) in [5.41, 5.74) is 1.14. The Morgan fingerprint density at radius 3 is 2.78 bits per heavy atom. The van der Waals surface area contributed by atoms with Crippen LogP contribution in [0.15, 0.2) is 36.5 Å². The van der Waals surface area contributed by atoms with E-state index in [1.54, 1.807) is 30.5 Å². The van der Waals surface area contributed by atoms with Crippen LogP contribution in [-0.4, -0.2) is 32.4 Å². The average Bonchev–Trinajstić information content (AvgIpc) is 2.36. The van der Waals surface area contributed by atoms with E-state index in [1.807, 2.05) is 6.07 Å². The maximum atomic E-state index is 10.5. The molecule has 0 amide bonds. The van der Waals surface area contributed by atoms with Crippen LogP contribution in [0.2, 0.25) is 0 Å². The molecular formula is C13H13NO4. The molecule has 1 aromatic carbocycles. The smallest absolute Gasteiger partial charge is 0.306 e. The number of fused-ring (bicyclic) bond motifs is 1. The van der Waals surface area contributed by atoms with Gasteiger partial charge < -0.3 is 15.3 Å². The molecule has 5 heteroatoms. The first-order chi connectivity index (χ1) is 8.58. The molecule has 0 radical (unpaired) electrons. The van der Waals surface area contributed by atoms with E-state index < -0.39 is 24.6 Å². The summed E-state index contributed by atoms with van der Waals surface area (Å²) in [6.07, 6.45) is -1.43. The van der Waals surface area contributed by atoms with Crippen molar-refractivity contribution in [2.75, 3.05) is 0 Å². The number of aliphatic hydroxyl groups excluding tert-OH is 2. The minimum absolute atomic E-state index is 0.454. The van der Waals surface area contributed by atoms with Crippen molar-refractivity contribution in [2.45, 2.75) is 18.6 Å². The second-order valence-corrected chi connectivity index (χ2v) is 4.07. The number of benzene rings is 1.